The lowest BCUT2D eigenvalue weighted by atomic mass is 9.94. The Hall–Kier alpha value is -1.28. The predicted octanol–water partition coefficient (Wildman–Crippen LogP) is 0.674. The zero-order valence-corrected chi connectivity index (χ0v) is 15.7. The smallest absolute Gasteiger partial charge is 0.328 e. The number of carbonyl (C=O) groups is 3. The fourth-order valence-electron chi connectivity index (χ4n) is 2.39. The van der Waals surface area contributed by atoms with E-state index in [1.165, 1.54) is 6.92 Å². The van der Waals surface area contributed by atoms with Crippen LogP contribution in [0.1, 0.15) is 40.5 Å². The molecule has 138 valence electrons. The third-order valence-electron chi connectivity index (χ3n) is 3.97. The molecular weight excluding hydrogens is 332 g/mol. The summed E-state index contributed by atoms with van der Waals surface area (Å²) in [6, 6.07) is -0.782. The highest BCUT2D eigenvalue weighted by Gasteiger charge is 2.35. The van der Waals surface area contributed by atoms with Crippen molar-refractivity contribution in [2.75, 3.05) is 19.8 Å². The van der Waals surface area contributed by atoms with Gasteiger partial charge in [-0.25, -0.2) is 4.79 Å². The number of amides is 2. The Labute approximate surface area is 148 Å². The maximum atomic E-state index is 12.4. The number of carbonyl (C=O) groups excluding carboxylic acids is 3. The van der Waals surface area contributed by atoms with Crippen LogP contribution in [0, 0.1) is 5.92 Å². The molecule has 24 heavy (non-hydrogen) atoms. The Morgan fingerprint density at radius 3 is 2.42 bits per heavy atom. The van der Waals surface area contributed by atoms with E-state index in [9.17, 15) is 14.4 Å². The predicted molar refractivity (Wildman–Crippen MR) is 92.8 cm³/mol. The van der Waals surface area contributed by atoms with Crippen LogP contribution in [0.2, 0.25) is 0 Å². The fourth-order valence-corrected chi connectivity index (χ4v) is 2.75. The first-order valence-electron chi connectivity index (χ1n) is 8.24. The largest absolute Gasteiger partial charge is 0.464 e. The van der Waals surface area contributed by atoms with Gasteiger partial charge in [0, 0.05) is 13.2 Å². The molecule has 8 heteroatoms. The number of ether oxygens (including phenoxy) is 2. The van der Waals surface area contributed by atoms with E-state index in [0.29, 0.717) is 13.2 Å². The standard InChI is InChI=1S/C16H28N2O5S/c1-5-23-14(20)10(2)17-15(21)16(3,4)18-13(19)12(24)11-6-8-22-9-7-11/h10-12,24H,5-9H2,1-4H3,(H,17,21)(H,18,19)/t10-,12?/m0/s1. The average Bonchev–Trinajstić information content (AvgIpc) is 2.54. The summed E-state index contributed by atoms with van der Waals surface area (Å²) in [5.41, 5.74) is -1.16. The molecule has 0 bridgehead atoms. The van der Waals surface area contributed by atoms with Crippen molar-refractivity contribution in [3.05, 3.63) is 0 Å². The Morgan fingerprint density at radius 1 is 1.29 bits per heavy atom. The van der Waals surface area contributed by atoms with Crippen molar-refractivity contribution in [1.29, 1.82) is 0 Å². The number of esters is 1. The van der Waals surface area contributed by atoms with Gasteiger partial charge in [-0.1, -0.05) is 0 Å². The lowest BCUT2D eigenvalue weighted by Crippen LogP contribution is -2.59. The molecule has 0 aromatic rings. The molecular formula is C16H28N2O5S. The number of hydrogen-bond donors (Lipinski definition) is 3. The van der Waals surface area contributed by atoms with Crippen LogP contribution in [-0.2, 0) is 23.9 Å². The zero-order valence-electron chi connectivity index (χ0n) is 14.8. The lowest BCUT2D eigenvalue weighted by Gasteiger charge is -2.31. The Morgan fingerprint density at radius 2 is 1.88 bits per heavy atom. The topological polar surface area (TPSA) is 93.7 Å². The van der Waals surface area contributed by atoms with E-state index in [1.807, 2.05) is 0 Å². The summed E-state index contributed by atoms with van der Waals surface area (Å²) >= 11 is 4.41. The van der Waals surface area contributed by atoms with Crippen LogP contribution >= 0.6 is 12.6 Å². The summed E-state index contributed by atoms with van der Waals surface area (Å²) in [5.74, 6) is -1.14. The molecule has 2 N–H and O–H groups in total. The van der Waals surface area contributed by atoms with Crippen LogP contribution in [0.5, 0.6) is 0 Å². The first-order chi connectivity index (χ1) is 11.2. The van der Waals surface area contributed by atoms with Crippen LogP contribution in [0.25, 0.3) is 0 Å². The van der Waals surface area contributed by atoms with Gasteiger partial charge in [0.1, 0.15) is 11.6 Å². The maximum Gasteiger partial charge on any atom is 0.328 e. The summed E-state index contributed by atoms with van der Waals surface area (Å²) in [5, 5.41) is 4.77. The molecule has 1 aliphatic rings. The van der Waals surface area contributed by atoms with E-state index in [-0.39, 0.29) is 18.4 Å². The van der Waals surface area contributed by atoms with E-state index < -0.39 is 28.7 Å². The first kappa shape index (κ1) is 20.8. The van der Waals surface area contributed by atoms with Gasteiger partial charge >= 0.3 is 5.97 Å². The molecule has 0 saturated carbocycles. The Kier molecular flexibility index (Phi) is 8.02. The summed E-state index contributed by atoms with van der Waals surface area (Å²) in [4.78, 5) is 36.3. The number of nitrogens with one attached hydrogen (secondary N) is 2. The molecule has 1 unspecified atom stereocenters. The second kappa shape index (κ2) is 9.27. The van der Waals surface area contributed by atoms with Crippen molar-refractivity contribution < 1.29 is 23.9 Å². The Bertz CT molecular complexity index is 463. The molecule has 1 fully saturated rings. The van der Waals surface area contributed by atoms with Gasteiger partial charge < -0.3 is 20.1 Å². The third-order valence-corrected chi connectivity index (χ3v) is 4.63. The molecule has 0 aromatic heterocycles. The van der Waals surface area contributed by atoms with Crippen molar-refractivity contribution in [2.45, 2.75) is 57.4 Å². The second-order valence-corrected chi connectivity index (χ2v) is 7.01. The van der Waals surface area contributed by atoms with E-state index in [0.717, 1.165) is 12.8 Å². The highest BCUT2D eigenvalue weighted by atomic mass is 32.1. The summed E-state index contributed by atoms with van der Waals surface area (Å²) in [6.45, 7) is 7.89. The molecule has 2 amide bonds. The quantitative estimate of drug-likeness (QED) is 0.458. The van der Waals surface area contributed by atoms with Gasteiger partial charge in [0.15, 0.2) is 0 Å². The van der Waals surface area contributed by atoms with Crippen molar-refractivity contribution in [3.8, 4) is 0 Å². The summed E-state index contributed by atoms with van der Waals surface area (Å²) in [6.07, 6.45) is 1.54. The first-order valence-corrected chi connectivity index (χ1v) is 8.76. The van der Waals surface area contributed by atoms with Gasteiger partial charge in [-0.3, -0.25) is 9.59 Å². The molecule has 0 spiro atoms. The third kappa shape index (κ3) is 5.98. The van der Waals surface area contributed by atoms with E-state index >= 15 is 0 Å². The minimum absolute atomic E-state index is 0.124. The van der Waals surface area contributed by atoms with Crippen LogP contribution < -0.4 is 10.6 Å². The molecule has 2 atom stereocenters. The van der Waals surface area contributed by atoms with Gasteiger partial charge in [-0.05, 0) is 46.5 Å². The molecule has 1 rings (SSSR count). The van der Waals surface area contributed by atoms with Crippen LogP contribution in [-0.4, -0.2) is 54.4 Å². The molecule has 1 heterocycles. The number of hydrogen-bond acceptors (Lipinski definition) is 6. The minimum Gasteiger partial charge on any atom is -0.464 e. The van der Waals surface area contributed by atoms with Gasteiger partial charge in [-0.15, -0.1) is 0 Å². The molecule has 0 aliphatic carbocycles. The van der Waals surface area contributed by atoms with Crippen LogP contribution in [0.3, 0.4) is 0 Å². The van der Waals surface area contributed by atoms with Crippen molar-refractivity contribution in [3.63, 3.8) is 0 Å². The Balaban J connectivity index is 2.58. The van der Waals surface area contributed by atoms with Crippen molar-refractivity contribution >= 4 is 30.4 Å². The summed E-state index contributed by atoms with van der Waals surface area (Å²) in [7, 11) is 0. The van der Waals surface area contributed by atoms with Gasteiger partial charge in [-0.2, -0.15) is 12.6 Å². The van der Waals surface area contributed by atoms with Gasteiger partial charge in [0.25, 0.3) is 0 Å². The molecule has 1 aliphatic heterocycles. The minimum atomic E-state index is -1.16. The monoisotopic (exact) mass is 360 g/mol. The average molecular weight is 360 g/mol. The lowest BCUT2D eigenvalue weighted by molar-refractivity contribution is -0.147. The van der Waals surface area contributed by atoms with Crippen LogP contribution in [0.15, 0.2) is 0 Å². The number of rotatable bonds is 7. The highest BCUT2D eigenvalue weighted by molar-refractivity contribution is 7.81. The van der Waals surface area contributed by atoms with Crippen molar-refractivity contribution in [1.82, 2.24) is 10.6 Å². The number of thiol groups is 1. The molecule has 1 saturated heterocycles. The van der Waals surface area contributed by atoms with Crippen LogP contribution in [0.4, 0.5) is 0 Å². The van der Waals surface area contributed by atoms with E-state index in [1.54, 1.807) is 20.8 Å². The van der Waals surface area contributed by atoms with Gasteiger partial charge in [0.05, 0.1) is 11.9 Å². The normalized spacial score (nSPS) is 18.4. The molecule has 0 aromatic carbocycles. The second-order valence-electron chi connectivity index (χ2n) is 6.46. The molecule has 0 radical (unpaired) electrons. The van der Waals surface area contributed by atoms with Crippen molar-refractivity contribution in [2.24, 2.45) is 5.92 Å². The SMILES string of the molecule is CCOC(=O)[C@H](C)NC(=O)C(C)(C)NC(=O)C(S)C1CCOCC1. The maximum absolute atomic E-state index is 12.4. The summed E-state index contributed by atoms with van der Waals surface area (Å²) < 4.78 is 10.1. The fraction of sp³-hybridized carbons (Fsp3) is 0.812. The van der Waals surface area contributed by atoms with E-state index in [4.69, 9.17) is 9.47 Å². The van der Waals surface area contributed by atoms with E-state index in [2.05, 4.69) is 23.3 Å². The molecule has 7 nitrogen and oxygen atoms in total. The zero-order chi connectivity index (χ0) is 18.3. The van der Waals surface area contributed by atoms with Gasteiger partial charge in [0.2, 0.25) is 11.8 Å². The highest BCUT2D eigenvalue weighted by Crippen LogP contribution is 2.23.